The van der Waals surface area contributed by atoms with E-state index in [2.05, 4.69) is 47.3 Å². The number of nitriles is 1. The van der Waals surface area contributed by atoms with Crippen molar-refractivity contribution in [3.05, 3.63) is 35.0 Å². The van der Waals surface area contributed by atoms with E-state index in [0.717, 1.165) is 42.8 Å². The zero-order valence-corrected chi connectivity index (χ0v) is 11.9. The van der Waals surface area contributed by atoms with Gasteiger partial charge >= 0.3 is 0 Å². The summed E-state index contributed by atoms with van der Waals surface area (Å²) in [4.78, 5) is 6.77. The van der Waals surface area contributed by atoms with Gasteiger partial charge in [-0.1, -0.05) is 6.07 Å². The molecule has 1 N–H and O–H groups in total. The standard InChI is InChI=1S/C16H18N4/c1-11-7-12(2)15-14(8-11)19-10-13(9-17)16(15)20-5-3-18-4-6-20/h7-8,10,18H,3-6H2,1-2H3. The summed E-state index contributed by atoms with van der Waals surface area (Å²) in [5, 5.41) is 13.9. The van der Waals surface area contributed by atoms with Gasteiger partial charge in [-0.25, -0.2) is 0 Å². The third-order valence-corrected chi connectivity index (χ3v) is 3.84. The van der Waals surface area contributed by atoms with E-state index < -0.39 is 0 Å². The first-order valence-corrected chi connectivity index (χ1v) is 6.96. The molecule has 4 heteroatoms. The Labute approximate surface area is 119 Å². The van der Waals surface area contributed by atoms with E-state index in [4.69, 9.17) is 0 Å². The van der Waals surface area contributed by atoms with Crippen molar-refractivity contribution in [3.8, 4) is 6.07 Å². The van der Waals surface area contributed by atoms with Crippen LogP contribution in [0.3, 0.4) is 0 Å². The summed E-state index contributed by atoms with van der Waals surface area (Å²) in [5.74, 6) is 0. The van der Waals surface area contributed by atoms with E-state index in [9.17, 15) is 5.26 Å². The van der Waals surface area contributed by atoms with E-state index in [1.165, 1.54) is 11.1 Å². The van der Waals surface area contributed by atoms with Crippen LogP contribution in [0.1, 0.15) is 16.7 Å². The molecule has 1 fully saturated rings. The molecular weight excluding hydrogens is 248 g/mol. The third kappa shape index (κ3) is 2.10. The van der Waals surface area contributed by atoms with Crippen LogP contribution in [-0.2, 0) is 0 Å². The highest BCUT2D eigenvalue weighted by Gasteiger charge is 2.19. The molecule has 0 atom stereocenters. The van der Waals surface area contributed by atoms with Gasteiger partial charge in [-0.3, -0.25) is 4.98 Å². The molecule has 1 aromatic heterocycles. The molecule has 1 aromatic carbocycles. The number of nitrogens with zero attached hydrogens (tertiary/aromatic N) is 3. The largest absolute Gasteiger partial charge is 0.367 e. The maximum Gasteiger partial charge on any atom is 0.103 e. The predicted octanol–water partition coefficient (Wildman–Crippen LogP) is 2.13. The third-order valence-electron chi connectivity index (χ3n) is 3.84. The quantitative estimate of drug-likeness (QED) is 0.859. The number of fused-ring (bicyclic) bond motifs is 1. The zero-order valence-electron chi connectivity index (χ0n) is 11.9. The lowest BCUT2D eigenvalue weighted by molar-refractivity contribution is 0.590. The molecule has 0 unspecified atom stereocenters. The fourth-order valence-corrected chi connectivity index (χ4v) is 2.98. The summed E-state index contributed by atoms with van der Waals surface area (Å²) >= 11 is 0. The molecule has 0 bridgehead atoms. The second-order valence-corrected chi connectivity index (χ2v) is 5.35. The summed E-state index contributed by atoms with van der Waals surface area (Å²) in [5.41, 5.74) is 5.11. The van der Waals surface area contributed by atoms with Crippen molar-refractivity contribution in [1.82, 2.24) is 10.3 Å². The Bertz CT molecular complexity index is 694. The molecule has 0 amide bonds. The zero-order chi connectivity index (χ0) is 14.1. The summed E-state index contributed by atoms with van der Waals surface area (Å²) in [6.45, 7) is 7.96. The van der Waals surface area contributed by atoms with Crippen molar-refractivity contribution in [1.29, 1.82) is 5.26 Å². The maximum absolute atomic E-state index is 9.42. The van der Waals surface area contributed by atoms with Gasteiger partial charge in [0.05, 0.1) is 16.8 Å². The number of benzene rings is 1. The molecule has 20 heavy (non-hydrogen) atoms. The first-order chi connectivity index (χ1) is 9.70. The number of rotatable bonds is 1. The lowest BCUT2D eigenvalue weighted by Gasteiger charge is -2.31. The number of hydrogen-bond donors (Lipinski definition) is 1. The molecule has 2 aromatic rings. The van der Waals surface area contributed by atoms with Gasteiger partial charge in [-0.15, -0.1) is 0 Å². The van der Waals surface area contributed by atoms with Gasteiger partial charge in [0.2, 0.25) is 0 Å². The molecule has 102 valence electrons. The van der Waals surface area contributed by atoms with Crippen LogP contribution in [0, 0.1) is 25.2 Å². The van der Waals surface area contributed by atoms with Crippen LogP contribution in [0.2, 0.25) is 0 Å². The van der Waals surface area contributed by atoms with Gasteiger partial charge in [0.1, 0.15) is 6.07 Å². The Hall–Kier alpha value is -2.12. The average Bonchev–Trinajstić information content (AvgIpc) is 2.46. The molecular formula is C16H18N4. The van der Waals surface area contributed by atoms with Crippen molar-refractivity contribution in [2.24, 2.45) is 0 Å². The van der Waals surface area contributed by atoms with Gasteiger partial charge in [-0.05, 0) is 31.0 Å². The number of aromatic nitrogens is 1. The summed E-state index contributed by atoms with van der Waals surface area (Å²) in [6, 6.07) is 6.56. The van der Waals surface area contributed by atoms with Crippen LogP contribution in [-0.4, -0.2) is 31.2 Å². The van der Waals surface area contributed by atoms with Crippen LogP contribution < -0.4 is 10.2 Å². The number of piperazine rings is 1. The summed E-state index contributed by atoms with van der Waals surface area (Å²) in [7, 11) is 0. The van der Waals surface area contributed by atoms with Crippen molar-refractivity contribution >= 4 is 16.6 Å². The maximum atomic E-state index is 9.42. The molecule has 2 heterocycles. The highest BCUT2D eigenvalue weighted by Crippen LogP contribution is 2.32. The molecule has 3 rings (SSSR count). The van der Waals surface area contributed by atoms with E-state index in [0.29, 0.717) is 5.56 Å². The Morgan fingerprint density at radius 1 is 1.25 bits per heavy atom. The first kappa shape index (κ1) is 12.9. The van der Waals surface area contributed by atoms with Crippen LogP contribution in [0.4, 0.5) is 5.69 Å². The number of hydrogen-bond acceptors (Lipinski definition) is 4. The molecule has 4 nitrogen and oxygen atoms in total. The lowest BCUT2D eigenvalue weighted by atomic mass is 10.0. The Balaban J connectivity index is 2.28. The van der Waals surface area contributed by atoms with E-state index >= 15 is 0 Å². The highest BCUT2D eigenvalue weighted by atomic mass is 15.2. The summed E-state index contributed by atoms with van der Waals surface area (Å²) in [6.07, 6.45) is 1.71. The van der Waals surface area contributed by atoms with E-state index in [1.54, 1.807) is 6.20 Å². The summed E-state index contributed by atoms with van der Waals surface area (Å²) < 4.78 is 0. The van der Waals surface area contributed by atoms with Gasteiger partial charge in [0.25, 0.3) is 0 Å². The Morgan fingerprint density at radius 3 is 2.70 bits per heavy atom. The molecule has 1 aliphatic rings. The minimum absolute atomic E-state index is 0.673. The smallest absolute Gasteiger partial charge is 0.103 e. The second kappa shape index (κ2) is 5.10. The lowest BCUT2D eigenvalue weighted by Crippen LogP contribution is -2.44. The highest BCUT2D eigenvalue weighted by molar-refractivity contribution is 5.97. The number of nitrogens with one attached hydrogen (secondary N) is 1. The van der Waals surface area contributed by atoms with E-state index in [1.807, 2.05) is 0 Å². The number of aryl methyl sites for hydroxylation is 2. The first-order valence-electron chi connectivity index (χ1n) is 6.96. The Morgan fingerprint density at radius 2 is 2.00 bits per heavy atom. The fourth-order valence-electron chi connectivity index (χ4n) is 2.98. The van der Waals surface area contributed by atoms with Gasteiger partial charge < -0.3 is 10.2 Å². The van der Waals surface area contributed by atoms with Crippen molar-refractivity contribution in [2.75, 3.05) is 31.1 Å². The van der Waals surface area contributed by atoms with Crippen molar-refractivity contribution in [2.45, 2.75) is 13.8 Å². The molecule has 0 radical (unpaired) electrons. The average molecular weight is 266 g/mol. The monoisotopic (exact) mass is 266 g/mol. The SMILES string of the molecule is Cc1cc(C)c2c(N3CCNCC3)c(C#N)cnc2c1. The van der Waals surface area contributed by atoms with Crippen molar-refractivity contribution in [3.63, 3.8) is 0 Å². The Kier molecular flexibility index (Phi) is 3.29. The normalized spacial score (nSPS) is 15.3. The van der Waals surface area contributed by atoms with Gasteiger partial charge in [0.15, 0.2) is 0 Å². The predicted molar refractivity (Wildman–Crippen MR) is 81.0 cm³/mol. The topological polar surface area (TPSA) is 52.0 Å². The molecule has 1 saturated heterocycles. The van der Waals surface area contributed by atoms with Crippen LogP contribution in [0.5, 0.6) is 0 Å². The van der Waals surface area contributed by atoms with Crippen LogP contribution >= 0.6 is 0 Å². The van der Waals surface area contributed by atoms with Gasteiger partial charge in [0, 0.05) is 37.8 Å². The van der Waals surface area contributed by atoms with Gasteiger partial charge in [-0.2, -0.15) is 5.26 Å². The number of anilines is 1. The molecule has 0 saturated carbocycles. The molecule has 0 spiro atoms. The molecule has 1 aliphatic heterocycles. The number of pyridine rings is 1. The van der Waals surface area contributed by atoms with E-state index in [-0.39, 0.29) is 0 Å². The van der Waals surface area contributed by atoms with Crippen LogP contribution in [0.15, 0.2) is 18.3 Å². The van der Waals surface area contributed by atoms with Crippen molar-refractivity contribution < 1.29 is 0 Å². The minimum atomic E-state index is 0.673. The second-order valence-electron chi connectivity index (χ2n) is 5.35. The minimum Gasteiger partial charge on any atom is -0.367 e. The van der Waals surface area contributed by atoms with Crippen LogP contribution in [0.25, 0.3) is 10.9 Å². The molecule has 0 aliphatic carbocycles. The fraction of sp³-hybridized carbons (Fsp3) is 0.375.